The zero-order valence-electron chi connectivity index (χ0n) is 12.1. The van der Waals surface area contributed by atoms with E-state index in [0.717, 1.165) is 0 Å². The van der Waals surface area contributed by atoms with Crippen LogP contribution in [0.1, 0.15) is 5.56 Å². The monoisotopic (exact) mass is 346 g/mol. The number of hydroxylamine groups is 1. The largest absolute Gasteiger partial charge is 0.394 e. The molecule has 0 saturated heterocycles. The summed E-state index contributed by atoms with van der Waals surface area (Å²) < 4.78 is 22.2. The molecule has 10 nitrogen and oxygen atoms in total. The van der Waals surface area contributed by atoms with Crippen molar-refractivity contribution >= 4 is 21.8 Å². The Labute approximate surface area is 132 Å². The lowest BCUT2D eigenvalue weighted by atomic mass is 10.2. The summed E-state index contributed by atoms with van der Waals surface area (Å²) in [6, 6.07) is 4.53. The van der Waals surface area contributed by atoms with Gasteiger partial charge in [0.25, 0.3) is 0 Å². The van der Waals surface area contributed by atoms with E-state index >= 15 is 0 Å². The van der Waals surface area contributed by atoms with Crippen molar-refractivity contribution < 1.29 is 28.0 Å². The first-order valence-electron chi connectivity index (χ1n) is 6.40. The highest BCUT2D eigenvalue weighted by molar-refractivity contribution is 7.89. The molecule has 128 valence electrons. The maximum atomic E-state index is 11.4. The van der Waals surface area contributed by atoms with Crippen LogP contribution in [0.15, 0.2) is 29.2 Å². The molecule has 0 spiro atoms. The van der Waals surface area contributed by atoms with E-state index in [1.54, 1.807) is 0 Å². The molecule has 7 N–H and O–H groups in total. The number of sulfonamides is 1. The van der Waals surface area contributed by atoms with Gasteiger partial charge in [-0.05, 0) is 17.7 Å². The van der Waals surface area contributed by atoms with Crippen LogP contribution in [0.5, 0.6) is 0 Å². The quantitative estimate of drug-likeness (QED) is 0.239. The van der Waals surface area contributed by atoms with Gasteiger partial charge in [0, 0.05) is 0 Å². The third-order valence-corrected chi connectivity index (χ3v) is 3.62. The van der Waals surface area contributed by atoms with Gasteiger partial charge in [0.15, 0.2) is 0 Å². The molecule has 1 atom stereocenters. The van der Waals surface area contributed by atoms with Crippen molar-refractivity contribution in [1.29, 1.82) is 0 Å². The Hall–Kier alpha value is -2.05. The normalized spacial score (nSPS) is 12.6. The van der Waals surface area contributed by atoms with E-state index in [4.69, 9.17) is 20.8 Å². The SMILES string of the molecule is NC(=O)[C@H](CO)NC(=O)CNOCc1ccc(S(N)(=O)=O)cc1. The second kappa shape index (κ2) is 8.55. The summed E-state index contributed by atoms with van der Waals surface area (Å²) in [7, 11) is -3.74. The molecular formula is C12H18N4O6S. The van der Waals surface area contributed by atoms with Crippen LogP contribution < -0.4 is 21.7 Å². The molecule has 23 heavy (non-hydrogen) atoms. The first kappa shape index (κ1) is 19.0. The standard InChI is InChI=1S/C12H18N4O6S/c13-12(19)10(6-17)16-11(18)5-15-22-7-8-1-3-9(4-2-8)23(14,20)21/h1-4,10,15,17H,5-7H2,(H2,13,19)(H,16,18)(H2,14,20,21)/t10-/m0/s1. The fourth-order valence-electron chi connectivity index (χ4n) is 1.48. The summed E-state index contributed by atoms with van der Waals surface area (Å²) in [6.45, 7) is -0.797. The topological polar surface area (TPSA) is 174 Å². The van der Waals surface area contributed by atoms with Gasteiger partial charge in [-0.2, -0.15) is 5.48 Å². The zero-order chi connectivity index (χ0) is 17.5. The summed E-state index contributed by atoms with van der Waals surface area (Å²) in [4.78, 5) is 27.3. The number of hydrogen-bond acceptors (Lipinski definition) is 7. The van der Waals surface area contributed by atoms with Gasteiger partial charge in [-0.3, -0.25) is 14.4 Å². The van der Waals surface area contributed by atoms with E-state index in [-0.39, 0.29) is 18.0 Å². The molecule has 0 heterocycles. The van der Waals surface area contributed by atoms with Crippen LogP contribution in [0.4, 0.5) is 0 Å². The van der Waals surface area contributed by atoms with Crippen LogP contribution in [0, 0.1) is 0 Å². The predicted octanol–water partition coefficient (Wildman–Crippen LogP) is -2.68. The number of primary sulfonamides is 1. The molecule has 1 aromatic carbocycles. The number of carbonyl (C=O) groups is 2. The molecule has 0 radical (unpaired) electrons. The Morgan fingerprint density at radius 2 is 1.87 bits per heavy atom. The minimum absolute atomic E-state index is 0.0184. The number of nitrogens with one attached hydrogen (secondary N) is 2. The van der Waals surface area contributed by atoms with Crippen molar-refractivity contribution in [2.24, 2.45) is 10.9 Å². The summed E-state index contributed by atoms with van der Waals surface area (Å²) in [6.07, 6.45) is 0. The lowest BCUT2D eigenvalue weighted by molar-refractivity contribution is -0.129. The molecule has 0 bridgehead atoms. The van der Waals surface area contributed by atoms with E-state index in [9.17, 15) is 18.0 Å². The Morgan fingerprint density at radius 3 is 2.35 bits per heavy atom. The molecule has 0 saturated carbocycles. The van der Waals surface area contributed by atoms with Crippen LogP contribution in [0.25, 0.3) is 0 Å². The fraction of sp³-hybridized carbons (Fsp3) is 0.333. The van der Waals surface area contributed by atoms with E-state index in [1.165, 1.54) is 24.3 Å². The van der Waals surface area contributed by atoms with E-state index in [0.29, 0.717) is 5.56 Å². The molecule has 0 fully saturated rings. The van der Waals surface area contributed by atoms with Crippen molar-refractivity contribution in [1.82, 2.24) is 10.8 Å². The average Bonchev–Trinajstić information content (AvgIpc) is 2.48. The van der Waals surface area contributed by atoms with E-state index in [2.05, 4.69) is 10.8 Å². The lowest BCUT2D eigenvalue weighted by Crippen LogP contribution is -2.49. The molecule has 0 aliphatic carbocycles. The van der Waals surface area contributed by atoms with E-state index < -0.39 is 34.5 Å². The average molecular weight is 346 g/mol. The Balaban J connectivity index is 2.35. The second-order valence-electron chi connectivity index (χ2n) is 4.50. The molecule has 0 unspecified atom stereocenters. The van der Waals surface area contributed by atoms with Crippen molar-refractivity contribution in [3.05, 3.63) is 29.8 Å². The van der Waals surface area contributed by atoms with Gasteiger partial charge in [0.1, 0.15) is 6.04 Å². The molecule has 1 rings (SSSR count). The van der Waals surface area contributed by atoms with Crippen LogP contribution in [0.3, 0.4) is 0 Å². The van der Waals surface area contributed by atoms with Crippen molar-refractivity contribution in [2.75, 3.05) is 13.2 Å². The Bertz CT molecular complexity index is 646. The van der Waals surface area contributed by atoms with Crippen LogP contribution in [0.2, 0.25) is 0 Å². The van der Waals surface area contributed by atoms with Gasteiger partial charge in [-0.25, -0.2) is 13.6 Å². The number of nitrogens with two attached hydrogens (primary N) is 2. The van der Waals surface area contributed by atoms with Crippen molar-refractivity contribution in [2.45, 2.75) is 17.5 Å². The number of aliphatic hydroxyl groups is 1. The lowest BCUT2D eigenvalue weighted by Gasteiger charge is -2.12. The molecule has 11 heteroatoms. The number of amides is 2. The molecular weight excluding hydrogens is 328 g/mol. The number of hydrogen-bond donors (Lipinski definition) is 5. The Morgan fingerprint density at radius 1 is 1.26 bits per heavy atom. The zero-order valence-corrected chi connectivity index (χ0v) is 12.9. The highest BCUT2D eigenvalue weighted by Gasteiger charge is 2.16. The van der Waals surface area contributed by atoms with Gasteiger partial charge in [-0.15, -0.1) is 0 Å². The number of primary amides is 1. The maximum Gasteiger partial charge on any atom is 0.242 e. The smallest absolute Gasteiger partial charge is 0.242 e. The van der Waals surface area contributed by atoms with E-state index in [1.807, 2.05) is 0 Å². The minimum atomic E-state index is -3.74. The highest BCUT2D eigenvalue weighted by atomic mass is 32.2. The molecule has 2 amide bonds. The van der Waals surface area contributed by atoms with Gasteiger partial charge < -0.3 is 16.2 Å². The van der Waals surface area contributed by atoms with Crippen molar-refractivity contribution in [3.8, 4) is 0 Å². The molecule has 0 aromatic heterocycles. The van der Waals surface area contributed by atoms with Crippen molar-refractivity contribution in [3.63, 3.8) is 0 Å². The van der Waals surface area contributed by atoms with Gasteiger partial charge in [0.2, 0.25) is 21.8 Å². The van der Waals surface area contributed by atoms with Crippen LogP contribution in [-0.4, -0.2) is 44.5 Å². The maximum absolute atomic E-state index is 11.4. The first-order chi connectivity index (χ1) is 10.7. The third-order valence-electron chi connectivity index (χ3n) is 2.69. The van der Waals surface area contributed by atoms with Crippen LogP contribution >= 0.6 is 0 Å². The fourth-order valence-corrected chi connectivity index (χ4v) is 1.99. The number of carbonyl (C=O) groups excluding carboxylic acids is 2. The second-order valence-corrected chi connectivity index (χ2v) is 6.07. The molecule has 0 aliphatic rings. The summed E-state index contributed by atoms with van der Waals surface area (Å²) in [5.74, 6) is -1.44. The molecule has 1 aromatic rings. The summed E-state index contributed by atoms with van der Waals surface area (Å²) in [5.41, 5.74) is 7.96. The number of rotatable bonds is 9. The number of benzene rings is 1. The Kier molecular flexibility index (Phi) is 7.06. The highest BCUT2D eigenvalue weighted by Crippen LogP contribution is 2.09. The minimum Gasteiger partial charge on any atom is -0.394 e. The van der Waals surface area contributed by atoms with Gasteiger partial charge in [0.05, 0.1) is 24.7 Å². The molecule has 0 aliphatic heterocycles. The predicted molar refractivity (Wildman–Crippen MR) is 78.8 cm³/mol. The van der Waals surface area contributed by atoms with Gasteiger partial charge in [-0.1, -0.05) is 12.1 Å². The third kappa shape index (κ3) is 6.71. The van der Waals surface area contributed by atoms with Gasteiger partial charge >= 0.3 is 0 Å². The summed E-state index contributed by atoms with van der Waals surface area (Å²) >= 11 is 0. The number of aliphatic hydroxyl groups excluding tert-OH is 1. The summed E-state index contributed by atoms with van der Waals surface area (Å²) in [5, 5.41) is 16.0. The first-order valence-corrected chi connectivity index (χ1v) is 7.94. The van der Waals surface area contributed by atoms with Crippen LogP contribution in [-0.2, 0) is 31.1 Å².